The Morgan fingerprint density at radius 2 is 2.00 bits per heavy atom. The molecular formula is C14H15ClINS. The van der Waals surface area contributed by atoms with E-state index in [1.807, 2.05) is 23.5 Å². The number of thiophene rings is 1. The first kappa shape index (κ1) is 14.2. The standard InChI is InChI=1S/C14H15ClINS/c1-8-6-12(10(3)18-8)9(2)17-14-5-4-11(16)7-13(14)15/h4-7,9,17H,1-3H3. The summed E-state index contributed by atoms with van der Waals surface area (Å²) < 4.78 is 1.15. The van der Waals surface area contributed by atoms with Crippen molar-refractivity contribution >= 4 is 51.2 Å². The molecule has 0 fully saturated rings. The Hall–Kier alpha value is -0.260. The smallest absolute Gasteiger partial charge is 0.0648 e. The first-order chi connectivity index (χ1) is 8.47. The van der Waals surface area contributed by atoms with Crippen LogP contribution in [0.4, 0.5) is 5.69 Å². The molecular weight excluding hydrogens is 377 g/mol. The summed E-state index contributed by atoms with van der Waals surface area (Å²) in [4.78, 5) is 2.72. The van der Waals surface area contributed by atoms with Crippen LogP contribution in [0.5, 0.6) is 0 Å². The van der Waals surface area contributed by atoms with Gasteiger partial charge in [0, 0.05) is 19.4 Å². The Labute approximate surface area is 131 Å². The van der Waals surface area contributed by atoms with Crippen LogP contribution in [0, 0.1) is 17.4 Å². The average Bonchev–Trinajstić information content (AvgIpc) is 2.62. The summed E-state index contributed by atoms with van der Waals surface area (Å²) in [6.45, 7) is 6.48. The number of aryl methyl sites for hydroxylation is 2. The number of benzene rings is 1. The van der Waals surface area contributed by atoms with Gasteiger partial charge in [-0.2, -0.15) is 0 Å². The maximum atomic E-state index is 6.24. The lowest BCUT2D eigenvalue weighted by molar-refractivity contribution is 0.882. The molecule has 1 heterocycles. The van der Waals surface area contributed by atoms with Crippen LogP contribution in [0.15, 0.2) is 24.3 Å². The second kappa shape index (κ2) is 5.80. The van der Waals surface area contributed by atoms with Crippen LogP contribution < -0.4 is 5.32 Å². The molecule has 1 aromatic heterocycles. The van der Waals surface area contributed by atoms with E-state index in [0.29, 0.717) is 0 Å². The minimum absolute atomic E-state index is 0.271. The SMILES string of the molecule is Cc1cc(C(C)Nc2ccc(I)cc2Cl)c(C)s1. The van der Waals surface area contributed by atoms with Gasteiger partial charge in [0.1, 0.15) is 0 Å². The number of rotatable bonds is 3. The molecule has 96 valence electrons. The maximum absolute atomic E-state index is 6.24. The van der Waals surface area contributed by atoms with E-state index in [9.17, 15) is 0 Å². The van der Waals surface area contributed by atoms with Crippen LogP contribution in [0.2, 0.25) is 5.02 Å². The van der Waals surface area contributed by atoms with Crippen molar-refractivity contribution in [1.82, 2.24) is 0 Å². The number of hydrogen-bond acceptors (Lipinski definition) is 2. The summed E-state index contributed by atoms with van der Waals surface area (Å²) in [7, 11) is 0. The molecule has 2 aromatic rings. The minimum atomic E-state index is 0.271. The molecule has 0 radical (unpaired) electrons. The van der Waals surface area contributed by atoms with Crippen molar-refractivity contribution in [3.8, 4) is 0 Å². The zero-order valence-electron chi connectivity index (χ0n) is 10.6. The van der Waals surface area contributed by atoms with Crippen LogP contribution in [0.25, 0.3) is 0 Å². The van der Waals surface area contributed by atoms with Gasteiger partial charge in [-0.05, 0) is 73.2 Å². The van der Waals surface area contributed by atoms with E-state index < -0.39 is 0 Å². The molecule has 4 heteroatoms. The fourth-order valence-electron chi connectivity index (χ4n) is 2.00. The first-order valence-electron chi connectivity index (χ1n) is 5.76. The zero-order valence-corrected chi connectivity index (χ0v) is 14.3. The molecule has 0 amide bonds. The quantitative estimate of drug-likeness (QED) is 0.652. The molecule has 1 nitrogen and oxygen atoms in total. The summed E-state index contributed by atoms with van der Waals surface area (Å²) in [6, 6.07) is 8.59. The van der Waals surface area contributed by atoms with Gasteiger partial charge in [-0.3, -0.25) is 0 Å². The van der Waals surface area contributed by atoms with Gasteiger partial charge in [-0.25, -0.2) is 0 Å². The summed E-state index contributed by atoms with van der Waals surface area (Å²) in [5, 5.41) is 4.26. The van der Waals surface area contributed by atoms with E-state index in [1.54, 1.807) is 0 Å². The molecule has 0 bridgehead atoms. The van der Waals surface area contributed by atoms with Crippen molar-refractivity contribution in [3.63, 3.8) is 0 Å². The van der Waals surface area contributed by atoms with Gasteiger partial charge in [0.25, 0.3) is 0 Å². The molecule has 0 aliphatic heterocycles. The molecule has 2 rings (SSSR count). The minimum Gasteiger partial charge on any atom is -0.377 e. The second-order valence-electron chi connectivity index (χ2n) is 4.36. The Kier molecular flexibility index (Phi) is 4.56. The van der Waals surface area contributed by atoms with Crippen molar-refractivity contribution < 1.29 is 0 Å². The lowest BCUT2D eigenvalue weighted by atomic mass is 10.1. The first-order valence-corrected chi connectivity index (χ1v) is 8.03. The van der Waals surface area contributed by atoms with E-state index in [2.05, 4.69) is 60.8 Å². The van der Waals surface area contributed by atoms with Crippen LogP contribution in [-0.2, 0) is 0 Å². The molecule has 1 unspecified atom stereocenters. The van der Waals surface area contributed by atoms with Crippen molar-refractivity contribution in [2.24, 2.45) is 0 Å². The van der Waals surface area contributed by atoms with Gasteiger partial charge < -0.3 is 5.32 Å². The molecule has 18 heavy (non-hydrogen) atoms. The van der Waals surface area contributed by atoms with E-state index in [1.165, 1.54) is 15.3 Å². The average molecular weight is 392 g/mol. The van der Waals surface area contributed by atoms with E-state index in [-0.39, 0.29) is 6.04 Å². The fourth-order valence-corrected chi connectivity index (χ4v) is 3.93. The molecule has 1 N–H and O–H groups in total. The Balaban J connectivity index is 2.21. The third-order valence-corrected chi connectivity index (χ3v) is 4.81. The van der Waals surface area contributed by atoms with Gasteiger partial charge in [-0.15, -0.1) is 11.3 Å². The third-order valence-electron chi connectivity index (χ3n) is 2.85. The van der Waals surface area contributed by atoms with Crippen LogP contribution >= 0.6 is 45.5 Å². The van der Waals surface area contributed by atoms with E-state index in [0.717, 1.165) is 14.3 Å². The van der Waals surface area contributed by atoms with Crippen LogP contribution in [-0.4, -0.2) is 0 Å². The molecule has 0 saturated heterocycles. The molecule has 0 saturated carbocycles. The summed E-state index contributed by atoms with van der Waals surface area (Å²) in [5.74, 6) is 0. The van der Waals surface area contributed by atoms with Gasteiger partial charge in [-0.1, -0.05) is 11.6 Å². The number of anilines is 1. The van der Waals surface area contributed by atoms with Crippen molar-refractivity contribution in [3.05, 3.63) is 48.2 Å². The Bertz CT molecular complexity index is 565. The lowest BCUT2D eigenvalue weighted by Crippen LogP contribution is -2.07. The lowest BCUT2D eigenvalue weighted by Gasteiger charge is -2.16. The highest BCUT2D eigenvalue weighted by atomic mass is 127. The molecule has 0 aliphatic carbocycles. The number of nitrogens with one attached hydrogen (secondary N) is 1. The van der Waals surface area contributed by atoms with Crippen molar-refractivity contribution in [1.29, 1.82) is 0 Å². The van der Waals surface area contributed by atoms with Gasteiger partial charge in [0.15, 0.2) is 0 Å². The third kappa shape index (κ3) is 3.19. The Morgan fingerprint density at radius 3 is 2.56 bits per heavy atom. The highest BCUT2D eigenvalue weighted by molar-refractivity contribution is 14.1. The maximum Gasteiger partial charge on any atom is 0.0648 e. The van der Waals surface area contributed by atoms with Crippen LogP contribution in [0.1, 0.15) is 28.3 Å². The van der Waals surface area contributed by atoms with E-state index in [4.69, 9.17) is 11.6 Å². The largest absolute Gasteiger partial charge is 0.377 e. The highest BCUT2D eigenvalue weighted by Crippen LogP contribution is 2.31. The zero-order chi connectivity index (χ0) is 13.3. The van der Waals surface area contributed by atoms with Crippen molar-refractivity contribution in [2.75, 3.05) is 5.32 Å². The molecule has 1 atom stereocenters. The van der Waals surface area contributed by atoms with Gasteiger partial charge in [0.2, 0.25) is 0 Å². The Morgan fingerprint density at radius 1 is 1.28 bits per heavy atom. The predicted octanol–water partition coefficient (Wildman–Crippen LogP) is 5.80. The summed E-state index contributed by atoms with van der Waals surface area (Å²) >= 11 is 10.3. The van der Waals surface area contributed by atoms with Crippen molar-refractivity contribution in [2.45, 2.75) is 26.8 Å². The highest BCUT2D eigenvalue weighted by Gasteiger charge is 2.12. The molecule has 1 aromatic carbocycles. The normalized spacial score (nSPS) is 12.5. The topological polar surface area (TPSA) is 12.0 Å². The summed E-state index contributed by atoms with van der Waals surface area (Å²) in [6.07, 6.45) is 0. The van der Waals surface area contributed by atoms with E-state index >= 15 is 0 Å². The van der Waals surface area contributed by atoms with Gasteiger partial charge >= 0.3 is 0 Å². The number of hydrogen-bond donors (Lipinski definition) is 1. The van der Waals surface area contributed by atoms with Crippen LogP contribution in [0.3, 0.4) is 0 Å². The predicted molar refractivity (Wildman–Crippen MR) is 90.0 cm³/mol. The molecule has 0 spiro atoms. The second-order valence-corrected chi connectivity index (χ2v) is 7.47. The molecule has 0 aliphatic rings. The van der Waals surface area contributed by atoms with Gasteiger partial charge in [0.05, 0.1) is 10.7 Å². The summed E-state index contributed by atoms with van der Waals surface area (Å²) in [5.41, 5.74) is 2.35. The number of halogens is 2. The monoisotopic (exact) mass is 391 g/mol. The fraction of sp³-hybridized carbons (Fsp3) is 0.286.